The van der Waals surface area contributed by atoms with Gasteiger partial charge in [-0.2, -0.15) is 0 Å². The Morgan fingerprint density at radius 2 is 1.69 bits per heavy atom. The molecule has 7 nitrogen and oxygen atoms in total. The molecule has 0 aliphatic heterocycles. The predicted molar refractivity (Wildman–Crippen MR) is 153 cm³/mol. The number of pyridine rings is 1. The highest BCUT2D eigenvalue weighted by Gasteiger charge is 2.23. The van der Waals surface area contributed by atoms with Gasteiger partial charge < -0.3 is 9.30 Å². The zero-order valence-electron chi connectivity index (χ0n) is 20.8. The highest BCUT2D eigenvalue weighted by molar-refractivity contribution is 7.90. The van der Waals surface area contributed by atoms with Crippen molar-refractivity contribution in [2.75, 3.05) is 6.61 Å². The lowest BCUT2D eigenvalue weighted by Gasteiger charge is -2.14. The molecule has 3 aromatic carbocycles. The number of carbonyl (C=O) groups excluding carboxylic acids is 1. The molecule has 0 atom stereocenters. The zero-order valence-corrected chi connectivity index (χ0v) is 23.2. The molecule has 0 bridgehead atoms. The Hall–Kier alpha value is -3.79. The van der Waals surface area contributed by atoms with Gasteiger partial charge in [0.15, 0.2) is 9.84 Å². The number of hydrogen-bond acceptors (Lipinski definition) is 7. The van der Waals surface area contributed by atoms with Crippen molar-refractivity contribution < 1.29 is 17.9 Å². The van der Waals surface area contributed by atoms with E-state index in [2.05, 4.69) is 4.98 Å². The Morgan fingerprint density at radius 1 is 1.00 bits per heavy atom. The quantitative estimate of drug-likeness (QED) is 0.210. The van der Waals surface area contributed by atoms with Crippen LogP contribution in [0.25, 0.3) is 21.5 Å². The molecule has 0 unspecified atom stereocenters. The number of benzene rings is 3. The lowest BCUT2D eigenvalue weighted by atomic mass is 9.99. The maximum Gasteiger partial charge on any atom is 0.343 e. The SMILES string of the molecule is CCOC(=O)c1cn(Cc2ccccc2-c2ccccc2)c2sc(CS(=O)(=O)c3ccc(Cl)cc3)nc2c1=O. The van der Waals surface area contributed by atoms with Crippen molar-refractivity contribution in [2.24, 2.45) is 0 Å². The standard InChI is InChI=1S/C29H23ClN2O5S2/c1-2-37-29(34)24-17-32(16-20-10-6-7-11-23(20)19-8-4-3-5-9-19)28-26(27(24)33)31-25(38-28)18-39(35,36)22-14-12-21(30)13-15-22/h3-15,17H,2,16,18H2,1H3. The molecule has 0 spiro atoms. The molecule has 2 aromatic heterocycles. The third kappa shape index (κ3) is 5.66. The number of thiazole rings is 1. The van der Waals surface area contributed by atoms with Gasteiger partial charge in [0.25, 0.3) is 0 Å². The van der Waals surface area contributed by atoms with Crippen LogP contribution in [0.5, 0.6) is 0 Å². The van der Waals surface area contributed by atoms with Gasteiger partial charge in [0.1, 0.15) is 26.7 Å². The molecule has 5 aromatic rings. The second-order valence-electron chi connectivity index (χ2n) is 8.72. The van der Waals surface area contributed by atoms with Gasteiger partial charge in [-0.05, 0) is 47.9 Å². The van der Waals surface area contributed by atoms with Crippen molar-refractivity contribution in [3.05, 3.63) is 116 Å². The number of rotatable bonds is 8. The van der Waals surface area contributed by atoms with E-state index in [-0.39, 0.29) is 27.6 Å². The van der Waals surface area contributed by atoms with E-state index in [1.165, 1.54) is 30.5 Å². The maximum absolute atomic E-state index is 13.3. The molecule has 0 fully saturated rings. The summed E-state index contributed by atoms with van der Waals surface area (Å²) in [6.07, 6.45) is 1.47. The van der Waals surface area contributed by atoms with Crippen LogP contribution in [0.2, 0.25) is 5.02 Å². The number of sulfone groups is 1. The average molecular weight is 579 g/mol. The number of halogens is 1. The number of fused-ring (bicyclic) bond motifs is 1. The molecule has 0 saturated heterocycles. The summed E-state index contributed by atoms with van der Waals surface area (Å²) in [6.45, 7) is 2.09. The van der Waals surface area contributed by atoms with Crippen molar-refractivity contribution in [3.8, 4) is 11.1 Å². The Morgan fingerprint density at radius 3 is 2.41 bits per heavy atom. The van der Waals surface area contributed by atoms with Crippen LogP contribution in [0.1, 0.15) is 27.9 Å². The minimum Gasteiger partial charge on any atom is -0.462 e. The van der Waals surface area contributed by atoms with E-state index in [4.69, 9.17) is 16.3 Å². The predicted octanol–water partition coefficient (Wildman–Crippen LogP) is 5.98. The van der Waals surface area contributed by atoms with Crippen LogP contribution in [0, 0.1) is 0 Å². The largest absolute Gasteiger partial charge is 0.462 e. The first-order valence-electron chi connectivity index (χ1n) is 12.1. The number of carbonyl (C=O) groups is 1. The van der Waals surface area contributed by atoms with Gasteiger partial charge >= 0.3 is 5.97 Å². The Bertz CT molecular complexity index is 1830. The zero-order chi connectivity index (χ0) is 27.6. The van der Waals surface area contributed by atoms with E-state index >= 15 is 0 Å². The first-order valence-corrected chi connectivity index (χ1v) is 14.9. The van der Waals surface area contributed by atoms with Gasteiger partial charge in [0, 0.05) is 17.8 Å². The van der Waals surface area contributed by atoms with E-state index in [1.807, 2.05) is 54.6 Å². The Kier molecular flexibility index (Phi) is 7.65. The minimum absolute atomic E-state index is 0.0315. The van der Waals surface area contributed by atoms with Crippen LogP contribution >= 0.6 is 22.9 Å². The van der Waals surface area contributed by atoms with Crippen LogP contribution in [-0.2, 0) is 26.9 Å². The molecule has 0 amide bonds. The van der Waals surface area contributed by atoms with E-state index in [9.17, 15) is 18.0 Å². The molecule has 0 aliphatic carbocycles. The number of nitrogens with zero attached hydrogens (tertiary/aromatic N) is 2. The number of aromatic nitrogens is 2. The summed E-state index contributed by atoms with van der Waals surface area (Å²) in [6, 6.07) is 23.6. The third-order valence-corrected chi connectivity index (χ3v) is 9.25. The van der Waals surface area contributed by atoms with Crippen molar-refractivity contribution in [1.82, 2.24) is 9.55 Å². The Balaban J connectivity index is 1.62. The highest BCUT2D eigenvalue weighted by atomic mass is 35.5. The van der Waals surface area contributed by atoms with E-state index in [0.717, 1.165) is 28.0 Å². The summed E-state index contributed by atoms with van der Waals surface area (Å²) in [5.41, 5.74) is 2.25. The van der Waals surface area contributed by atoms with Gasteiger partial charge in [0.05, 0.1) is 11.5 Å². The molecule has 10 heteroatoms. The summed E-state index contributed by atoms with van der Waals surface area (Å²) in [7, 11) is -3.75. The van der Waals surface area contributed by atoms with Crippen molar-refractivity contribution in [2.45, 2.75) is 24.1 Å². The fourth-order valence-electron chi connectivity index (χ4n) is 4.26. The monoisotopic (exact) mass is 578 g/mol. The molecule has 198 valence electrons. The normalized spacial score (nSPS) is 11.5. The number of esters is 1. The van der Waals surface area contributed by atoms with E-state index < -0.39 is 27.0 Å². The molecule has 0 radical (unpaired) electrons. The third-order valence-electron chi connectivity index (χ3n) is 6.08. The average Bonchev–Trinajstić information content (AvgIpc) is 3.35. The van der Waals surface area contributed by atoms with Crippen LogP contribution in [0.4, 0.5) is 0 Å². The first-order chi connectivity index (χ1) is 18.8. The second kappa shape index (κ2) is 11.1. The van der Waals surface area contributed by atoms with Gasteiger partial charge in [-0.25, -0.2) is 18.2 Å². The first kappa shape index (κ1) is 26.8. The van der Waals surface area contributed by atoms with E-state index in [1.54, 1.807) is 11.5 Å². The lowest BCUT2D eigenvalue weighted by Crippen LogP contribution is -2.21. The van der Waals surface area contributed by atoms with Crippen molar-refractivity contribution in [1.29, 1.82) is 0 Å². The van der Waals surface area contributed by atoms with Crippen molar-refractivity contribution in [3.63, 3.8) is 0 Å². The lowest BCUT2D eigenvalue weighted by molar-refractivity contribution is 0.0524. The number of ether oxygens (including phenoxy) is 1. The fourth-order valence-corrected chi connectivity index (χ4v) is 7.02. The van der Waals surface area contributed by atoms with Crippen molar-refractivity contribution >= 4 is 49.1 Å². The maximum atomic E-state index is 13.3. The molecular weight excluding hydrogens is 556 g/mol. The highest BCUT2D eigenvalue weighted by Crippen LogP contribution is 2.29. The molecular formula is C29H23ClN2O5S2. The van der Waals surface area contributed by atoms with Gasteiger partial charge in [-0.1, -0.05) is 77.5 Å². The summed E-state index contributed by atoms with van der Waals surface area (Å²) in [5.74, 6) is -1.15. The van der Waals surface area contributed by atoms with E-state index in [0.29, 0.717) is 16.4 Å². The summed E-state index contributed by atoms with van der Waals surface area (Å²) in [5, 5.41) is 0.663. The molecule has 5 rings (SSSR count). The van der Waals surface area contributed by atoms with Crippen LogP contribution in [0.3, 0.4) is 0 Å². The molecule has 0 saturated carbocycles. The summed E-state index contributed by atoms with van der Waals surface area (Å²) in [4.78, 5) is 30.9. The Labute approximate surface area is 234 Å². The minimum atomic E-state index is -3.75. The fraction of sp³-hybridized carbons (Fsp3) is 0.138. The van der Waals surface area contributed by atoms with Crippen LogP contribution < -0.4 is 5.43 Å². The smallest absolute Gasteiger partial charge is 0.343 e. The van der Waals surface area contributed by atoms with Crippen LogP contribution in [-0.4, -0.2) is 30.5 Å². The molecule has 0 N–H and O–H groups in total. The molecule has 2 heterocycles. The molecule has 0 aliphatic rings. The second-order valence-corrected chi connectivity index (χ2v) is 12.2. The topological polar surface area (TPSA) is 95.3 Å². The van der Waals surface area contributed by atoms with Crippen LogP contribution in [0.15, 0.2) is 94.7 Å². The summed E-state index contributed by atoms with van der Waals surface area (Å²) < 4.78 is 33.0. The molecule has 39 heavy (non-hydrogen) atoms. The van der Waals surface area contributed by atoms with Gasteiger partial charge in [-0.3, -0.25) is 4.79 Å². The van der Waals surface area contributed by atoms with Gasteiger partial charge in [0.2, 0.25) is 5.43 Å². The summed E-state index contributed by atoms with van der Waals surface area (Å²) >= 11 is 7.02. The number of hydrogen-bond donors (Lipinski definition) is 0. The van der Waals surface area contributed by atoms with Gasteiger partial charge in [-0.15, -0.1) is 0 Å².